The summed E-state index contributed by atoms with van der Waals surface area (Å²) in [4.78, 5) is 4.79. The number of hydrogen-bond donors (Lipinski definition) is 0. The molecule has 0 radical (unpaired) electrons. The Kier molecular flexibility index (Phi) is 3.63. The van der Waals surface area contributed by atoms with Crippen LogP contribution in [0.25, 0.3) is 11.0 Å². The van der Waals surface area contributed by atoms with Gasteiger partial charge in [-0.15, -0.1) is 11.6 Å². The molecule has 0 unspecified atom stereocenters. The second-order valence-corrected chi connectivity index (χ2v) is 6.24. The zero-order valence-electron chi connectivity index (χ0n) is 12.2. The lowest BCUT2D eigenvalue weighted by Crippen LogP contribution is -2.28. The van der Waals surface area contributed by atoms with Crippen molar-refractivity contribution in [1.29, 1.82) is 0 Å². The van der Waals surface area contributed by atoms with Crippen molar-refractivity contribution in [2.24, 2.45) is 0 Å². The van der Waals surface area contributed by atoms with Crippen molar-refractivity contribution in [1.82, 2.24) is 9.55 Å². The van der Waals surface area contributed by atoms with E-state index in [0.717, 1.165) is 23.5 Å². The number of imidazole rings is 1. The zero-order valence-corrected chi connectivity index (χ0v) is 12.9. The van der Waals surface area contributed by atoms with Crippen LogP contribution in [0.4, 0.5) is 0 Å². The number of halogens is 1. The third kappa shape index (κ3) is 2.18. The standard InChI is InChI=1S/C16H21ClN2O/c1-16(8-3-4-9-16)19-14-11-12(20-2)5-6-13(14)18-15(19)7-10-17/h5-6,11H,3-4,7-10H2,1-2H3. The summed E-state index contributed by atoms with van der Waals surface area (Å²) in [6.45, 7) is 2.35. The molecule has 1 aliphatic carbocycles. The molecular formula is C16H21ClN2O. The highest BCUT2D eigenvalue weighted by atomic mass is 35.5. The summed E-state index contributed by atoms with van der Waals surface area (Å²) < 4.78 is 7.79. The van der Waals surface area contributed by atoms with E-state index in [0.29, 0.717) is 5.88 Å². The van der Waals surface area contributed by atoms with E-state index in [1.54, 1.807) is 7.11 Å². The molecule has 0 aliphatic heterocycles. The maximum atomic E-state index is 5.97. The van der Waals surface area contributed by atoms with Gasteiger partial charge in [-0.3, -0.25) is 0 Å². The van der Waals surface area contributed by atoms with E-state index >= 15 is 0 Å². The Hall–Kier alpha value is -1.22. The number of methoxy groups -OCH3 is 1. The molecule has 20 heavy (non-hydrogen) atoms. The summed E-state index contributed by atoms with van der Waals surface area (Å²) in [5, 5.41) is 0. The molecule has 3 rings (SSSR count). The minimum atomic E-state index is 0.169. The monoisotopic (exact) mass is 292 g/mol. The van der Waals surface area contributed by atoms with E-state index in [1.165, 1.54) is 31.2 Å². The predicted octanol–water partition coefficient (Wildman–Crippen LogP) is 4.12. The molecule has 108 valence electrons. The van der Waals surface area contributed by atoms with Gasteiger partial charge < -0.3 is 9.30 Å². The van der Waals surface area contributed by atoms with Gasteiger partial charge in [0.25, 0.3) is 0 Å². The van der Waals surface area contributed by atoms with Crippen LogP contribution in [-0.2, 0) is 12.0 Å². The summed E-state index contributed by atoms with van der Waals surface area (Å²) >= 11 is 5.97. The van der Waals surface area contributed by atoms with Crippen LogP contribution in [-0.4, -0.2) is 22.5 Å². The molecule has 1 heterocycles. The molecular weight excluding hydrogens is 272 g/mol. The normalized spacial score (nSPS) is 17.8. The fourth-order valence-electron chi connectivity index (χ4n) is 3.45. The molecule has 4 heteroatoms. The fourth-order valence-corrected chi connectivity index (χ4v) is 3.62. The van der Waals surface area contributed by atoms with Gasteiger partial charge in [-0.1, -0.05) is 12.8 Å². The molecule has 0 saturated heterocycles. The second kappa shape index (κ2) is 5.28. The first-order valence-electron chi connectivity index (χ1n) is 7.30. The van der Waals surface area contributed by atoms with Crippen LogP contribution in [0.3, 0.4) is 0 Å². The molecule has 0 atom stereocenters. The topological polar surface area (TPSA) is 27.1 Å². The Bertz CT molecular complexity index is 614. The number of nitrogens with zero attached hydrogens (tertiary/aromatic N) is 2. The molecule has 0 bridgehead atoms. The van der Waals surface area contributed by atoms with Crippen molar-refractivity contribution in [3.05, 3.63) is 24.0 Å². The van der Waals surface area contributed by atoms with Gasteiger partial charge >= 0.3 is 0 Å². The van der Waals surface area contributed by atoms with E-state index in [9.17, 15) is 0 Å². The smallest absolute Gasteiger partial charge is 0.121 e. The number of benzene rings is 1. The largest absolute Gasteiger partial charge is 0.497 e. The van der Waals surface area contributed by atoms with Crippen LogP contribution in [0.5, 0.6) is 5.75 Å². The van der Waals surface area contributed by atoms with Gasteiger partial charge in [0.15, 0.2) is 0 Å². The zero-order chi connectivity index (χ0) is 14.2. The minimum Gasteiger partial charge on any atom is -0.497 e. The molecule has 0 amide bonds. The number of aryl methyl sites for hydroxylation is 1. The molecule has 0 spiro atoms. The third-order valence-electron chi connectivity index (χ3n) is 4.47. The summed E-state index contributed by atoms with van der Waals surface area (Å²) in [6.07, 6.45) is 5.82. The fraction of sp³-hybridized carbons (Fsp3) is 0.562. The van der Waals surface area contributed by atoms with Gasteiger partial charge in [0.05, 0.1) is 18.1 Å². The quantitative estimate of drug-likeness (QED) is 0.793. The van der Waals surface area contributed by atoms with Crippen molar-refractivity contribution < 1.29 is 4.74 Å². The van der Waals surface area contributed by atoms with E-state index in [-0.39, 0.29) is 5.54 Å². The van der Waals surface area contributed by atoms with E-state index < -0.39 is 0 Å². The highest BCUT2D eigenvalue weighted by molar-refractivity contribution is 6.17. The van der Waals surface area contributed by atoms with E-state index in [4.69, 9.17) is 21.3 Å². The molecule has 1 aromatic carbocycles. The number of rotatable bonds is 4. The Morgan fingerprint density at radius 1 is 1.35 bits per heavy atom. The maximum Gasteiger partial charge on any atom is 0.121 e. The minimum absolute atomic E-state index is 0.169. The number of aromatic nitrogens is 2. The summed E-state index contributed by atoms with van der Waals surface area (Å²) in [5.74, 6) is 2.60. The molecule has 0 N–H and O–H groups in total. The highest BCUT2D eigenvalue weighted by Crippen LogP contribution is 2.40. The molecule has 3 nitrogen and oxygen atoms in total. The molecule has 1 saturated carbocycles. The Morgan fingerprint density at radius 3 is 2.75 bits per heavy atom. The lowest BCUT2D eigenvalue weighted by molar-refractivity contribution is 0.328. The SMILES string of the molecule is COc1ccc2nc(CCCl)n(C3(C)CCCC3)c2c1. The average Bonchev–Trinajstić information content (AvgIpc) is 3.02. The van der Waals surface area contributed by atoms with Crippen LogP contribution in [0, 0.1) is 0 Å². The first kappa shape index (κ1) is 13.7. The van der Waals surface area contributed by atoms with Crippen LogP contribution < -0.4 is 4.74 Å². The molecule has 1 aromatic heterocycles. The van der Waals surface area contributed by atoms with Crippen molar-refractivity contribution in [2.75, 3.05) is 13.0 Å². The third-order valence-corrected chi connectivity index (χ3v) is 4.66. The lowest BCUT2D eigenvalue weighted by Gasteiger charge is -2.29. The number of ether oxygens (including phenoxy) is 1. The van der Waals surface area contributed by atoms with Gasteiger partial charge in [-0.2, -0.15) is 0 Å². The summed E-state index contributed by atoms with van der Waals surface area (Å²) in [7, 11) is 1.71. The average molecular weight is 293 g/mol. The van der Waals surface area contributed by atoms with Gasteiger partial charge in [0, 0.05) is 23.9 Å². The predicted molar refractivity (Wildman–Crippen MR) is 82.8 cm³/mol. The van der Waals surface area contributed by atoms with Crippen molar-refractivity contribution in [2.45, 2.75) is 44.6 Å². The van der Waals surface area contributed by atoms with Crippen LogP contribution >= 0.6 is 11.6 Å². The van der Waals surface area contributed by atoms with E-state index in [1.807, 2.05) is 12.1 Å². The number of fused-ring (bicyclic) bond motifs is 1. The Morgan fingerprint density at radius 2 is 2.10 bits per heavy atom. The van der Waals surface area contributed by atoms with Gasteiger partial charge in [-0.05, 0) is 31.9 Å². The summed E-state index contributed by atoms with van der Waals surface area (Å²) in [5.41, 5.74) is 2.38. The maximum absolute atomic E-state index is 5.97. The second-order valence-electron chi connectivity index (χ2n) is 5.86. The number of alkyl halides is 1. The van der Waals surface area contributed by atoms with Crippen LogP contribution in [0.15, 0.2) is 18.2 Å². The highest BCUT2D eigenvalue weighted by Gasteiger charge is 2.33. The van der Waals surface area contributed by atoms with Crippen LogP contribution in [0.2, 0.25) is 0 Å². The van der Waals surface area contributed by atoms with E-state index in [2.05, 4.69) is 17.6 Å². The van der Waals surface area contributed by atoms with Gasteiger partial charge in [-0.25, -0.2) is 4.98 Å². The summed E-state index contributed by atoms with van der Waals surface area (Å²) in [6, 6.07) is 6.12. The van der Waals surface area contributed by atoms with Gasteiger partial charge in [0.2, 0.25) is 0 Å². The molecule has 1 fully saturated rings. The Balaban J connectivity index is 2.21. The van der Waals surface area contributed by atoms with Gasteiger partial charge in [0.1, 0.15) is 11.6 Å². The van der Waals surface area contributed by atoms with Crippen molar-refractivity contribution in [3.63, 3.8) is 0 Å². The lowest BCUT2D eigenvalue weighted by atomic mass is 9.99. The van der Waals surface area contributed by atoms with Crippen molar-refractivity contribution in [3.8, 4) is 5.75 Å². The first-order chi connectivity index (χ1) is 9.68. The molecule has 1 aliphatic rings. The number of hydrogen-bond acceptors (Lipinski definition) is 2. The molecule has 2 aromatic rings. The Labute approximate surface area is 124 Å². The van der Waals surface area contributed by atoms with Crippen LogP contribution in [0.1, 0.15) is 38.4 Å². The van der Waals surface area contributed by atoms with Crippen molar-refractivity contribution >= 4 is 22.6 Å². The first-order valence-corrected chi connectivity index (χ1v) is 7.83.